The van der Waals surface area contributed by atoms with Crippen LogP contribution in [0.3, 0.4) is 0 Å². The van der Waals surface area contributed by atoms with Crippen LogP contribution in [-0.4, -0.2) is 35.2 Å². The van der Waals surface area contributed by atoms with Crippen LogP contribution < -0.4 is 16.4 Å². The van der Waals surface area contributed by atoms with Crippen molar-refractivity contribution in [2.24, 2.45) is 5.73 Å². The average molecular weight is 236 g/mol. The first-order valence-corrected chi connectivity index (χ1v) is 5.57. The summed E-state index contributed by atoms with van der Waals surface area (Å²) in [7, 11) is 0. The third-order valence-electron chi connectivity index (χ3n) is 2.92. The molecule has 92 valence electrons. The zero-order valence-electron chi connectivity index (χ0n) is 9.47. The van der Waals surface area contributed by atoms with Crippen LogP contribution in [0.25, 0.3) is 0 Å². The zero-order valence-corrected chi connectivity index (χ0v) is 9.47. The molecule has 0 spiro atoms. The van der Waals surface area contributed by atoms with E-state index in [1.54, 1.807) is 6.07 Å². The molecule has 2 heterocycles. The van der Waals surface area contributed by atoms with E-state index in [-0.39, 0.29) is 11.8 Å². The van der Waals surface area contributed by atoms with Crippen LogP contribution in [-0.2, 0) is 0 Å². The van der Waals surface area contributed by atoms with E-state index in [1.807, 2.05) is 4.90 Å². The quantitative estimate of drug-likeness (QED) is 0.655. The molecule has 1 saturated heterocycles. The zero-order chi connectivity index (χ0) is 12.4. The molecule has 1 aromatic rings. The van der Waals surface area contributed by atoms with Gasteiger partial charge in [-0.25, -0.2) is 4.98 Å². The molecule has 5 N–H and O–H groups in total. The summed E-state index contributed by atoms with van der Waals surface area (Å²) < 4.78 is 0. The van der Waals surface area contributed by atoms with Gasteiger partial charge < -0.3 is 21.5 Å². The SMILES string of the molecule is NC(=O)c1ccc(N)c(N2CCC(O)CC2)n1. The highest BCUT2D eigenvalue weighted by Crippen LogP contribution is 2.24. The van der Waals surface area contributed by atoms with Gasteiger partial charge in [0.15, 0.2) is 5.82 Å². The van der Waals surface area contributed by atoms with Crippen molar-refractivity contribution >= 4 is 17.4 Å². The number of carbonyl (C=O) groups excluding carboxylic acids is 1. The minimum absolute atomic E-state index is 0.209. The first-order chi connectivity index (χ1) is 8.08. The number of nitrogens with two attached hydrogens (primary N) is 2. The van der Waals surface area contributed by atoms with Crippen LogP contribution in [0.5, 0.6) is 0 Å². The number of aliphatic hydroxyl groups excluding tert-OH is 1. The van der Waals surface area contributed by atoms with E-state index >= 15 is 0 Å². The monoisotopic (exact) mass is 236 g/mol. The molecule has 0 aromatic carbocycles. The molecule has 0 saturated carbocycles. The summed E-state index contributed by atoms with van der Waals surface area (Å²) in [6.07, 6.45) is 1.11. The Balaban J connectivity index is 2.25. The number of hydrogen-bond acceptors (Lipinski definition) is 5. The van der Waals surface area contributed by atoms with Crippen molar-refractivity contribution in [3.8, 4) is 0 Å². The van der Waals surface area contributed by atoms with Crippen molar-refractivity contribution in [3.05, 3.63) is 17.8 Å². The fourth-order valence-corrected chi connectivity index (χ4v) is 1.93. The number of amides is 1. The number of primary amides is 1. The Hall–Kier alpha value is -1.82. The third kappa shape index (κ3) is 2.47. The standard InChI is InChI=1S/C11H16N4O2/c12-8-1-2-9(10(13)17)14-11(8)15-5-3-7(16)4-6-15/h1-2,7,16H,3-6,12H2,(H2,13,17). The molecular formula is C11H16N4O2. The molecule has 0 radical (unpaired) electrons. The van der Waals surface area contributed by atoms with Crippen molar-refractivity contribution in [1.82, 2.24) is 4.98 Å². The maximum atomic E-state index is 11.1. The first-order valence-electron chi connectivity index (χ1n) is 5.57. The van der Waals surface area contributed by atoms with Crippen molar-refractivity contribution < 1.29 is 9.90 Å². The summed E-state index contributed by atoms with van der Waals surface area (Å²) in [5.74, 6) is 0.0106. The molecular weight excluding hydrogens is 220 g/mol. The molecule has 1 amide bonds. The van der Waals surface area contributed by atoms with Gasteiger partial charge in [-0.15, -0.1) is 0 Å². The number of aromatic nitrogens is 1. The second-order valence-electron chi connectivity index (χ2n) is 4.19. The number of anilines is 2. The number of carbonyl (C=O) groups is 1. The Morgan fingerprint density at radius 3 is 2.65 bits per heavy atom. The Labute approximate surface area is 99.2 Å². The number of nitrogen functional groups attached to an aromatic ring is 1. The first kappa shape index (κ1) is 11.7. The summed E-state index contributed by atoms with van der Waals surface area (Å²) in [6, 6.07) is 3.15. The summed E-state index contributed by atoms with van der Waals surface area (Å²) in [5.41, 5.74) is 11.7. The molecule has 1 aliphatic rings. The number of nitrogens with zero attached hydrogens (tertiary/aromatic N) is 2. The lowest BCUT2D eigenvalue weighted by Gasteiger charge is -2.31. The van der Waals surface area contributed by atoms with Gasteiger partial charge in [0.1, 0.15) is 5.69 Å². The van der Waals surface area contributed by atoms with Gasteiger partial charge in [-0.1, -0.05) is 0 Å². The Morgan fingerprint density at radius 2 is 2.06 bits per heavy atom. The van der Waals surface area contributed by atoms with Crippen LogP contribution >= 0.6 is 0 Å². The second-order valence-corrected chi connectivity index (χ2v) is 4.19. The molecule has 2 rings (SSSR count). The number of aliphatic hydroxyl groups is 1. The van der Waals surface area contributed by atoms with Gasteiger partial charge >= 0.3 is 0 Å². The molecule has 1 aliphatic heterocycles. The van der Waals surface area contributed by atoms with Gasteiger partial charge in [0.2, 0.25) is 0 Å². The second kappa shape index (κ2) is 4.58. The molecule has 1 fully saturated rings. The molecule has 0 atom stereocenters. The lowest BCUT2D eigenvalue weighted by Crippen LogP contribution is -2.37. The lowest BCUT2D eigenvalue weighted by atomic mass is 10.1. The summed E-state index contributed by atoms with van der Waals surface area (Å²) in [4.78, 5) is 17.2. The van der Waals surface area contributed by atoms with Crippen molar-refractivity contribution in [2.75, 3.05) is 23.7 Å². The van der Waals surface area contributed by atoms with E-state index in [1.165, 1.54) is 6.07 Å². The maximum Gasteiger partial charge on any atom is 0.267 e. The van der Waals surface area contributed by atoms with Gasteiger partial charge in [0, 0.05) is 13.1 Å². The fourth-order valence-electron chi connectivity index (χ4n) is 1.93. The van der Waals surface area contributed by atoms with Crippen LogP contribution in [0, 0.1) is 0 Å². The Bertz CT molecular complexity index is 427. The van der Waals surface area contributed by atoms with E-state index in [0.29, 0.717) is 37.4 Å². The fraction of sp³-hybridized carbons (Fsp3) is 0.455. The number of rotatable bonds is 2. The predicted molar refractivity (Wildman–Crippen MR) is 64.6 cm³/mol. The maximum absolute atomic E-state index is 11.1. The van der Waals surface area contributed by atoms with Gasteiger partial charge in [-0.05, 0) is 25.0 Å². The van der Waals surface area contributed by atoms with Gasteiger partial charge in [-0.2, -0.15) is 0 Å². The van der Waals surface area contributed by atoms with Crippen LogP contribution in [0.4, 0.5) is 11.5 Å². The van der Waals surface area contributed by atoms with Crippen LogP contribution in [0.2, 0.25) is 0 Å². The van der Waals surface area contributed by atoms with Gasteiger partial charge in [0.05, 0.1) is 11.8 Å². The van der Waals surface area contributed by atoms with Gasteiger partial charge in [0.25, 0.3) is 5.91 Å². The van der Waals surface area contributed by atoms with Crippen LogP contribution in [0.1, 0.15) is 23.3 Å². The smallest absolute Gasteiger partial charge is 0.267 e. The predicted octanol–water partition coefficient (Wildman–Crippen LogP) is -0.276. The lowest BCUT2D eigenvalue weighted by molar-refractivity contribution is 0.0995. The van der Waals surface area contributed by atoms with E-state index in [9.17, 15) is 9.90 Å². The van der Waals surface area contributed by atoms with Crippen molar-refractivity contribution in [1.29, 1.82) is 0 Å². The van der Waals surface area contributed by atoms with Crippen molar-refractivity contribution in [3.63, 3.8) is 0 Å². The number of hydrogen-bond donors (Lipinski definition) is 3. The highest BCUT2D eigenvalue weighted by Gasteiger charge is 2.20. The number of pyridine rings is 1. The third-order valence-corrected chi connectivity index (χ3v) is 2.92. The molecule has 0 bridgehead atoms. The van der Waals surface area contributed by atoms with E-state index < -0.39 is 5.91 Å². The van der Waals surface area contributed by atoms with E-state index in [2.05, 4.69) is 4.98 Å². The summed E-state index contributed by atoms with van der Waals surface area (Å²) in [5, 5.41) is 9.43. The van der Waals surface area contributed by atoms with E-state index in [0.717, 1.165) is 0 Å². The largest absolute Gasteiger partial charge is 0.396 e. The molecule has 0 unspecified atom stereocenters. The minimum atomic E-state index is -0.566. The Kier molecular flexibility index (Phi) is 3.14. The normalized spacial score (nSPS) is 17.1. The molecule has 0 aliphatic carbocycles. The highest BCUT2D eigenvalue weighted by atomic mass is 16.3. The topological polar surface area (TPSA) is 105 Å². The Morgan fingerprint density at radius 1 is 1.41 bits per heavy atom. The number of piperidine rings is 1. The molecule has 1 aromatic heterocycles. The minimum Gasteiger partial charge on any atom is -0.396 e. The molecule has 6 nitrogen and oxygen atoms in total. The summed E-state index contributed by atoms with van der Waals surface area (Å²) in [6.45, 7) is 1.36. The van der Waals surface area contributed by atoms with Gasteiger partial charge in [-0.3, -0.25) is 4.79 Å². The molecule has 6 heteroatoms. The highest BCUT2D eigenvalue weighted by molar-refractivity contribution is 5.91. The van der Waals surface area contributed by atoms with Crippen LogP contribution in [0.15, 0.2) is 12.1 Å². The molecule has 17 heavy (non-hydrogen) atoms. The van der Waals surface area contributed by atoms with E-state index in [4.69, 9.17) is 11.5 Å². The average Bonchev–Trinajstić information content (AvgIpc) is 2.31. The van der Waals surface area contributed by atoms with Crippen molar-refractivity contribution in [2.45, 2.75) is 18.9 Å². The summed E-state index contributed by atoms with van der Waals surface area (Å²) >= 11 is 0.